The standard InChI is InChI=1S/C14H11ClN2O2/c1-8-6-17-11(7-16-8)13(18)12-5-9-3-2-4-10(15)14(9)19-12/h2-7,13,18H,1H3. The Kier molecular flexibility index (Phi) is 2.97. The molecule has 5 heteroatoms. The molecule has 19 heavy (non-hydrogen) atoms. The van der Waals surface area contributed by atoms with Crippen LogP contribution in [0.1, 0.15) is 23.3 Å². The maximum atomic E-state index is 10.2. The van der Waals surface area contributed by atoms with Crippen LogP contribution in [-0.4, -0.2) is 15.1 Å². The lowest BCUT2D eigenvalue weighted by Gasteiger charge is -2.06. The Morgan fingerprint density at radius 1 is 1.26 bits per heavy atom. The van der Waals surface area contributed by atoms with Crippen molar-refractivity contribution in [2.24, 2.45) is 0 Å². The Labute approximate surface area is 114 Å². The van der Waals surface area contributed by atoms with E-state index in [2.05, 4.69) is 9.97 Å². The van der Waals surface area contributed by atoms with Crippen molar-refractivity contribution in [3.63, 3.8) is 0 Å². The van der Waals surface area contributed by atoms with E-state index >= 15 is 0 Å². The predicted molar refractivity (Wildman–Crippen MR) is 72.1 cm³/mol. The summed E-state index contributed by atoms with van der Waals surface area (Å²) in [7, 11) is 0. The molecular weight excluding hydrogens is 264 g/mol. The van der Waals surface area contributed by atoms with Crippen LogP contribution in [0.15, 0.2) is 41.1 Å². The molecule has 0 fully saturated rings. The van der Waals surface area contributed by atoms with Crippen molar-refractivity contribution in [1.29, 1.82) is 0 Å². The highest BCUT2D eigenvalue weighted by Crippen LogP contribution is 2.31. The second kappa shape index (κ2) is 4.64. The van der Waals surface area contributed by atoms with Gasteiger partial charge in [-0.2, -0.15) is 0 Å². The second-order valence-corrected chi connectivity index (χ2v) is 4.70. The maximum Gasteiger partial charge on any atom is 0.155 e. The Morgan fingerprint density at radius 3 is 2.79 bits per heavy atom. The number of aryl methyl sites for hydroxylation is 1. The molecule has 3 rings (SSSR count). The first-order valence-electron chi connectivity index (χ1n) is 5.80. The van der Waals surface area contributed by atoms with Gasteiger partial charge in [0, 0.05) is 11.6 Å². The van der Waals surface area contributed by atoms with E-state index in [1.54, 1.807) is 18.3 Å². The highest BCUT2D eigenvalue weighted by molar-refractivity contribution is 6.34. The van der Waals surface area contributed by atoms with E-state index in [0.29, 0.717) is 22.1 Å². The monoisotopic (exact) mass is 274 g/mol. The third-order valence-corrected chi connectivity index (χ3v) is 3.16. The Balaban J connectivity index is 2.04. The Hall–Kier alpha value is -1.91. The smallest absolute Gasteiger partial charge is 0.155 e. The average Bonchev–Trinajstić information content (AvgIpc) is 2.84. The van der Waals surface area contributed by atoms with Gasteiger partial charge in [0.1, 0.15) is 5.76 Å². The number of hydrogen-bond donors (Lipinski definition) is 1. The van der Waals surface area contributed by atoms with Gasteiger partial charge in [0.2, 0.25) is 0 Å². The summed E-state index contributed by atoms with van der Waals surface area (Å²) < 4.78 is 5.60. The molecule has 1 N–H and O–H groups in total. The fourth-order valence-electron chi connectivity index (χ4n) is 1.87. The summed E-state index contributed by atoms with van der Waals surface area (Å²) in [5.74, 6) is 0.404. The second-order valence-electron chi connectivity index (χ2n) is 4.29. The molecule has 1 aromatic carbocycles. The summed E-state index contributed by atoms with van der Waals surface area (Å²) in [6.45, 7) is 1.84. The zero-order chi connectivity index (χ0) is 13.4. The third-order valence-electron chi connectivity index (χ3n) is 2.87. The summed E-state index contributed by atoms with van der Waals surface area (Å²) in [6, 6.07) is 7.21. The fourth-order valence-corrected chi connectivity index (χ4v) is 2.09. The number of nitrogens with zero attached hydrogens (tertiary/aromatic N) is 2. The zero-order valence-electron chi connectivity index (χ0n) is 10.2. The molecule has 2 aromatic heterocycles. The number of furan rings is 1. The van der Waals surface area contributed by atoms with Gasteiger partial charge in [-0.05, 0) is 19.1 Å². The van der Waals surface area contributed by atoms with Crippen LogP contribution in [0.2, 0.25) is 5.02 Å². The van der Waals surface area contributed by atoms with E-state index < -0.39 is 6.10 Å². The molecule has 0 aliphatic rings. The van der Waals surface area contributed by atoms with Crippen LogP contribution in [0, 0.1) is 6.92 Å². The van der Waals surface area contributed by atoms with E-state index in [1.165, 1.54) is 6.20 Å². The van der Waals surface area contributed by atoms with Crippen LogP contribution in [0.3, 0.4) is 0 Å². The van der Waals surface area contributed by atoms with E-state index in [-0.39, 0.29) is 0 Å². The van der Waals surface area contributed by atoms with Crippen molar-refractivity contribution in [2.75, 3.05) is 0 Å². The molecule has 0 aliphatic heterocycles. The van der Waals surface area contributed by atoms with Crippen molar-refractivity contribution in [3.05, 3.63) is 58.8 Å². The summed E-state index contributed by atoms with van der Waals surface area (Å²) in [5, 5.41) is 11.6. The van der Waals surface area contributed by atoms with Gasteiger partial charge < -0.3 is 9.52 Å². The maximum absolute atomic E-state index is 10.2. The van der Waals surface area contributed by atoms with Gasteiger partial charge in [0.15, 0.2) is 11.7 Å². The van der Waals surface area contributed by atoms with Crippen LogP contribution < -0.4 is 0 Å². The van der Waals surface area contributed by atoms with Gasteiger partial charge in [-0.1, -0.05) is 23.7 Å². The molecule has 3 aromatic rings. The van der Waals surface area contributed by atoms with Gasteiger partial charge in [0.05, 0.1) is 22.6 Å². The number of hydrogen-bond acceptors (Lipinski definition) is 4. The van der Waals surface area contributed by atoms with Crippen molar-refractivity contribution in [1.82, 2.24) is 9.97 Å². The number of aliphatic hydroxyl groups excluding tert-OH is 1. The van der Waals surface area contributed by atoms with Crippen LogP contribution in [0.5, 0.6) is 0 Å². The molecule has 0 amide bonds. The molecular formula is C14H11ClN2O2. The molecule has 0 aliphatic carbocycles. The molecule has 96 valence electrons. The summed E-state index contributed by atoms with van der Waals surface area (Å²) in [5.41, 5.74) is 1.81. The van der Waals surface area contributed by atoms with Gasteiger partial charge >= 0.3 is 0 Å². The average molecular weight is 275 g/mol. The van der Waals surface area contributed by atoms with E-state index in [9.17, 15) is 5.11 Å². The normalized spacial score (nSPS) is 12.8. The van der Waals surface area contributed by atoms with Crippen LogP contribution >= 0.6 is 11.6 Å². The lowest BCUT2D eigenvalue weighted by atomic mass is 10.2. The number of aliphatic hydroxyl groups is 1. The fraction of sp³-hybridized carbons (Fsp3) is 0.143. The van der Waals surface area contributed by atoms with Gasteiger partial charge in [-0.15, -0.1) is 0 Å². The van der Waals surface area contributed by atoms with Crippen LogP contribution in [0.4, 0.5) is 0 Å². The minimum atomic E-state index is -0.948. The third kappa shape index (κ3) is 2.20. The van der Waals surface area contributed by atoms with Gasteiger partial charge in [0.25, 0.3) is 0 Å². The highest BCUT2D eigenvalue weighted by Gasteiger charge is 2.18. The number of benzene rings is 1. The van der Waals surface area contributed by atoms with Crippen LogP contribution in [-0.2, 0) is 0 Å². The largest absolute Gasteiger partial charge is 0.456 e. The first-order valence-corrected chi connectivity index (χ1v) is 6.17. The van der Waals surface area contributed by atoms with E-state index in [0.717, 1.165) is 11.1 Å². The number of halogens is 1. The number of rotatable bonds is 2. The molecule has 0 bridgehead atoms. The topological polar surface area (TPSA) is 59.2 Å². The van der Waals surface area contributed by atoms with Gasteiger partial charge in [-0.25, -0.2) is 0 Å². The predicted octanol–water partition coefficient (Wildman–Crippen LogP) is 3.27. The molecule has 1 atom stereocenters. The van der Waals surface area contributed by atoms with Crippen molar-refractivity contribution < 1.29 is 9.52 Å². The minimum Gasteiger partial charge on any atom is -0.456 e. The summed E-state index contributed by atoms with van der Waals surface area (Å²) in [6.07, 6.45) is 2.19. The van der Waals surface area contributed by atoms with E-state index in [1.807, 2.05) is 19.1 Å². The summed E-state index contributed by atoms with van der Waals surface area (Å²) >= 11 is 6.04. The molecule has 0 saturated carbocycles. The molecule has 4 nitrogen and oxygen atoms in total. The van der Waals surface area contributed by atoms with Crippen LogP contribution in [0.25, 0.3) is 11.0 Å². The van der Waals surface area contributed by atoms with Crippen molar-refractivity contribution in [2.45, 2.75) is 13.0 Å². The number of para-hydroxylation sites is 1. The number of aromatic nitrogens is 2. The molecule has 1 unspecified atom stereocenters. The van der Waals surface area contributed by atoms with Crippen molar-refractivity contribution in [3.8, 4) is 0 Å². The SMILES string of the molecule is Cc1cnc(C(O)c2cc3cccc(Cl)c3o2)cn1. The van der Waals surface area contributed by atoms with Gasteiger partial charge in [-0.3, -0.25) is 9.97 Å². The minimum absolute atomic E-state index is 0.404. The number of fused-ring (bicyclic) bond motifs is 1. The zero-order valence-corrected chi connectivity index (χ0v) is 10.9. The van der Waals surface area contributed by atoms with Crippen molar-refractivity contribution >= 4 is 22.6 Å². The summed E-state index contributed by atoms with van der Waals surface area (Å²) in [4.78, 5) is 8.25. The lowest BCUT2D eigenvalue weighted by molar-refractivity contribution is 0.187. The molecule has 0 spiro atoms. The Bertz CT molecular complexity index is 722. The first-order chi connectivity index (χ1) is 9.15. The quantitative estimate of drug-likeness (QED) is 0.779. The van der Waals surface area contributed by atoms with E-state index in [4.69, 9.17) is 16.0 Å². The lowest BCUT2D eigenvalue weighted by Crippen LogP contribution is -2.02. The molecule has 2 heterocycles. The Morgan fingerprint density at radius 2 is 2.11 bits per heavy atom. The first kappa shape index (κ1) is 12.1. The molecule has 0 saturated heterocycles. The highest BCUT2D eigenvalue weighted by atomic mass is 35.5. The molecule has 0 radical (unpaired) electrons.